The summed E-state index contributed by atoms with van der Waals surface area (Å²) in [4.78, 5) is 11.1. The van der Waals surface area contributed by atoms with Crippen molar-refractivity contribution < 1.29 is 14.3 Å². The number of esters is 1. The zero-order valence-electron chi connectivity index (χ0n) is 11.5. The van der Waals surface area contributed by atoms with E-state index in [0.29, 0.717) is 12.5 Å². The Morgan fingerprint density at radius 3 is 3.00 bits per heavy atom. The van der Waals surface area contributed by atoms with Crippen LogP contribution in [0, 0.1) is 0 Å². The lowest BCUT2D eigenvalue weighted by atomic mass is 9.75. The highest BCUT2D eigenvalue weighted by molar-refractivity contribution is 5.81. The van der Waals surface area contributed by atoms with Gasteiger partial charge in [0.2, 0.25) is 0 Å². The third-order valence-corrected chi connectivity index (χ3v) is 3.48. The average molecular weight is 260 g/mol. The summed E-state index contributed by atoms with van der Waals surface area (Å²) in [5.41, 5.74) is 2.81. The summed E-state index contributed by atoms with van der Waals surface area (Å²) in [6.45, 7) is 2.24. The lowest BCUT2D eigenvalue weighted by Gasteiger charge is -2.30. The van der Waals surface area contributed by atoms with Crippen LogP contribution in [0.15, 0.2) is 30.4 Å². The highest BCUT2D eigenvalue weighted by atomic mass is 16.5. The monoisotopic (exact) mass is 260 g/mol. The fourth-order valence-electron chi connectivity index (χ4n) is 2.45. The Kier molecular flexibility index (Phi) is 4.61. The Morgan fingerprint density at radius 1 is 1.47 bits per heavy atom. The molecule has 0 aliphatic heterocycles. The van der Waals surface area contributed by atoms with Gasteiger partial charge in [-0.05, 0) is 55.4 Å². The molecule has 0 fully saturated rings. The zero-order chi connectivity index (χ0) is 13.7. The number of allylic oxidation sites excluding steroid dienone is 1. The fourth-order valence-corrected chi connectivity index (χ4v) is 2.45. The second kappa shape index (κ2) is 6.41. The van der Waals surface area contributed by atoms with Crippen molar-refractivity contribution in [3.63, 3.8) is 0 Å². The van der Waals surface area contributed by atoms with Crippen LogP contribution in [0.2, 0.25) is 0 Å². The third-order valence-electron chi connectivity index (χ3n) is 3.48. The van der Waals surface area contributed by atoms with Gasteiger partial charge in [-0.1, -0.05) is 12.1 Å². The lowest BCUT2D eigenvalue weighted by molar-refractivity contribution is -0.137. The number of fused-ring (bicyclic) bond motifs is 1. The molecule has 0 saturated carbocycles. The average Bonchev–Trinajstić information content (AvgIpc) is 2.39. The topological polar surface area (TPSA) is 35.5 Å². The highest BCUT2D eigenvalue weighted by Gasteiger charge is 2.25. The van der Waals surface area contributed by atoms with Crippen LogP contribution in [-0.4, -0.2) is 19.7 Å². The Bertz CT molecular complexity index is 477. The maximum absolute atomic E-state index is 11.1. The van der Waals surface area contributed by atoms with Gasteiger partial charge in [-0.25, -0.2) is 4.79 Å². The number of benzene rings is 1. The first kappa shape index (κ1) is 13.7. The van der Waals surface area contributed by atoms with Crippen molar-refractivity contribution in [2.24, 2.45) is 0 Å². The normalized spacial score (nSPS) is 16.8. The molecule has 3 nitrogen and oxygen atoms in total. The van der Waals surface area contributed by atoms with Crippen LogP contribution < -0.4 is 4.74 Å². The van der Waals surface area contributed by atoms with E-state index >= 15 is 0 Å². The van der Waals surface area contributed by atoms with Crippen LogP contribution in [-0.2, 0) is 16.0 Å². The minimum absolute atomic E-state index is 0.249. The number of ether oxygens (including phenoxy) is 2. The number of carbonyl (C=O) groups is 1. The van der Waals surface area contributed by atoms with Crippen molar-refractivity contribution >= 4 is 5.97 Å². The van der Waals surface area contributed by atoms with Gasteiger partial charge in [-0.3, -0.25) is 0 Å². The van der Waals surface area contributed by atoms with Gasteiger partial charge in [-0.2, -0.15) is 0 Å². The van der Waals surface area contributed by atoms with Crippen LogP contribution in [0.3, 0.4) is 0 Å². The van der Waals surface area contributed by atoms with Gasteiger partial charge in [0.15, 0.2) is 0 Å². The molecule has 1 aliphatic rings. The molecule has 1 atom stereocenters. The quantitative estimate of drug-likeness (QED) is 0.582. The summed E-state index contributed by atoms with van der Waals surface area (Å²) in [5.74, 6) is 1.30. The molecule has 0 N–H and O–H groups in total. The van der Waals surface area contributed by atoms with Crippen LogP contribution in [0.1, 0.15) is 36.8 Å². The largest absolute Gasteiger partial charge is 0.497 e. The first-order valence-corrected chi connectivity index (χ1v) is 6.74. The van der Waals surface area contributed by atoms with E-state index in [9.17, 15) is 4.79 Å². The van der Waals surface area contributed by atoms with E-state index in [1.165, 1.54) is 17.2 Å². The number of hydrogen-bond donors (Lipinski definition) is 0. The first-order valence-electron chi connectivity index (χ1n) is 6.74. The Labute approximate surface area is 114 Å². The molecule has 3 heteroatoms. The molecular weight excluding hydrogens is 240 g/mol. The summed E-state index contributed by atoms with van der Waals surface area (Å²) >= 11 is 0. The van der Waals surface area contributed by atoms with Crippen molar-refractivity contribution in [2.45, 2.75) is 32.1 Å². The Morgan fingerprint density at radius 2 is 2.32 bits per heavy atom. The van der Waals surface area contributed by atoms with Gasteiger partial charge in [0.1, 0.15) is 5.75 Å². The van der Waals surface area contributed by atoms with E-state index in [2.05, 4.69) is 12.1 Å². The third kappa shape index (κ3) is 3.37. The van der Waals surface area contributed by atoms with E-state index in [1.54, 1.807) is 7.11 Å². The smallest absolute Gasteiger partial charge is 0.330 e. The molecule has 0 aromatic heterocycles. The van der Waals surface area contributed by atoms with Crippen LogP contribution in [0.4, 0.5) is 0 Å². The molecule has 19 heavy (non-hydrogen) atoms. The minimum atomic E-state index is -0.249. The Balaban J connectivity index is 1.78. The molecule has 0 spiro atoms. The van der Waals surface area contributed by atoms with E-state index in [-0.39, 0.29) is 5.97 Å². The van der Waals surface area contributed by atoms with E-state index in [0.717, 1.165) is 25.0 Å². The molecule has 2 rings (SSSR count). The minimum Gasteiger partial charge on any atom is -0.497 e. The second-order valence-electron chi connectivity index (χ2n) is 4.70. The molecule has 0 saturated heterocycles. The SMILES string of the molecule is CCOC(=O)/C=C/CCC1Cc2cc(OC)ccc21. The first-order chi connectivity index (χ1) is 9.24. The molecular formula is C16H20O3. The summed E-state index contributed by atoms with van der Waals surface area (Å²) in [6, 6.07) is 6.27. The van der Waals surface area contributed by atoms with Gasteiger partial charge >= 0.3 is 5.97 Å². The lowest BCUT2D eigenvalue weighted by Crippen LogP contribution is -2.16. The van der Waals surface area contributed by atoms with Gasteiger partial charge in [0.25, 0.3) is 0 Å². The molecule has 1 unspecified atom stereocenters. The second-order valence-corrected chi connectivity index (χ2v) is 4.70. The molecule has 1 aromatic rings. The highest BCUT2D eigenvalue weighted by Crippen LogP contribution is 2.40. The maximum atomic E-state index is 11.1. The van der Waals surface area contributed by atoms with Crippen molar-refractivity contribution in [3.8, 4) is 5.75 Å². The standard InChI is InChI=1S/C16H20O3/c1-3-19-16(17)7-5-4-6-12-10-13-11-14(18-2)8-9-15(12)13/h5,7-9,11-12H,3-4,6,10H2,1-2H3/b7-5+. The van der Waals surface area contributed by atoms with Crippen molar-refractivity contribution in [1.82, 2.24) is 0 Å². The molecule has 0 bridgehead atoms. The maximum Gasteiger partial charge on any atom is 0.330 e. The van der Waals surface area contributed by atoms with Crippen LogP contribution in [0.5, 0.6) is 5.75 Å². The molecule has 1 aliphatic carbocycles. The van der Waals surface area contributed by atoms with Crippen LogP contribution in [0.25, 0.3) is 0 Å². The molecule has 102 valence electrons. The van der Waals surface area contributed by atoms with Crippen molar-refractivity contribution in [1.29, 1.82) is 0 Å². The van der Waals surface area contributed by atoms with Crippen molar-refractivity contribution in [2.75, 3.05) is 13.7 Å². The van der Waals surface area contributed by atoms with Crippen molar-refractivity contribution in [3.05, 3.63) is 41.5 Å². The summed E-state index contributed by atoms with van der Waals surface area (Å²) in [5, 5.41) is 0. The zero-order valence-corrected chi connectivity index (χ0v) is 11.5. The van der Waals surface area contributed by atoms with Gasteiger partial charge in [0, 0.05) is 6.08 Å². The van der Waals surface area contributed by atoms with E-state index < -0.39 is 0 Å². The van der Waals surface area contributed by atoms with Gasteiger partial charge in [0.05, 0.1) is 13.7 Å². The summed E-state index contributed by atoms with van der Waals surface area (Å²) in [7, 11) is 1.69. The van der Waals surface area contributed by atoms with E-state index in [1.807, 2.05) is 19.1 Å². The van der Waals surface area contributed by atoms with Gasteiger partial charge < -0.3 is 9.47 Å². The number of hydrogen-bond acceptors (Lipinski definition) is 3. The number of rotatable bonds is 6. The number of carbonyl (C=O) groups excluding carboxylic acids is 1. The molecule has 0 radical (unpaired) electrons. The summed E-state index contributed by atoms with van der Waals surface area (Å²) in [6.07, 6.45) is 6.53. The Hall–Kier alpha value is -1.77. The van der Waals surface area contributed by atoms with Crippen LogP contribution >= 0.6 is 0 Å². The van der Waals surface area contributed by atoms with E-state index in [4.69, 9.17) is 9.47 Å². The predicted octanol–water partition coefficient (Wildman–Crippen LogP) is 3.23. The molecule has 0 amide bonds. The fraction of sp³-hybridized carbons (Fsp3) is 0.438. The van der Waals surface area contributed by atoms with Gasteiger partial charge in [-0.15, -0.1) is 0 Å². The summed E-state index contributed by atoms with van der Waals surface area (Å²) < 4.78 is 10.0. The molecule has 1 aromatic carbocycles. The number of methoxy groups -OCH3 is 1. The molecule has 0 heterocycles. The predicted molar refractivity (Wildman–Crippen MR) is 74.4 cm³/mol.